The van der Waals surface area contributed by atoms with Gasteiger partial charge < -0.3 is 14.6 Å². The Bertz CT molecular complexity index is 929. The van der Waals surface area contributed by atoms with Crippen molar-refractivity contribution in [2.45, 2.75) is 83.6 Å². The Labute approximate surface area is 193 Å². The molecule has 0 aromatic rings. The molecule has 3 saturated carbocycles. The molecule has 1 saturated heterocycles. The van der Waals surface area contributed by atoms with E-state index in [1.54, 1.807) is 6.08 Å². The number of rotatable bonds is 2. The van der Waals surface area contributed by atoms with Crippen LogP contribution < -0.4 is 0 Å². The fraction of sp³-hybridized carbons (Fsp3) is 0.760. The lowest BCUT2D eigenvalue weighted by Gasteiger charge is -2.60. The third-order valence-corrected chi connectivity index (χ3v) is 9.90. The predicted molar refractivity (Wildman–Crippen MR) is 120 cm³/mol. The zero-order valence-electron chi connectivity index (χ0n) is 19.4. The minimum Gasteiger partial charge on any atom is -0.393 e. The van der Waals surface area contributed by atoms with Crippen LogP contribution in [0.25, 0.3) is 0 Å². The van der Waals surface area contributed by atoms with E-state index >= 15 is 4.39 Å². The Morgan fingerprint density at radius 1 is 1.28 bits per heavy atom. The van der Waals surface area contributed by atoms with Gasteiger partial charge in [-0.25, -0.2) is 4.39 Å². The monoisotopic (exact) mass is 464 g/mol. The molecule has 1 aliphatic heterocycles. The van der Waals surface area contributed by atoms with E-state index in [1.165, 1.54) is 23.9 Å². The van der Waals surface area contributed by atoms with E-state index in [0.29, 0.717) is 24.2 Å². The van der Waals surface area contributed by atoms with E-state index in [-0.39, 0.29) is 35.1 Å². The third-order valence-electron chi connectivity index (χ3n) is 9.05. The van der Waals surface area contributed by atoms with Gasteiger partial charge >= 0.3 is 0 Å². The zero-order chi connectivity index (χ0) is 23.3. The van der Waals surface area contributed by atoms with Crippen molar-refractivity contribution in [2.75, 3.05) is 5.75 Å². The van der Waals surface area contributed by atoms with Crippen molar-refractivity contribution in [1.82, 2.24) is 0 Å². The molecule has 8 unspecified atom stereocenters. The average Bonchev–Trinajstić information content (AvgIpc) is 3.09. The van der Waals surface area contributed by atoms with Crippen molar-refractivity contribution in [3.63, 3.8) is 0 Å². The Morgan fingerprint density at radius 2 is 2.00 bits per heavy atom. The fourth-order valence-corrected chi connectivity index (χ4v) is 8.90. The van der Waals surface area contributed by atoms with E-state index in [4.69, 9.17) is 9.47 Å². The minimum absolute atomic E-state index is 0.0268. The van der Waals surface area contributed by atoms with Gasteiger partial charge in [-0.3, -0.25) is 9.59 Å². The first-order valence-corrected chi connectivity index (χ1v) is 12.7. The molecule has 0 amide bonds. The first-order chi connectivity index (χ1) is 14.9. The van der Waals surface area contributed by atoms with Crippen molar-refractivity contribution in [3.05, 3.63) is 23.8 Å². The van der Waals surface area contributed by atoms with Crippen LogP contribution in [0, 0.1) is 28.6 Å². The van der Waals surface area contributed by atoms with Crippen LogP contribution in [0.1, 0.15) is 53.9 Å². The van der Waals surface area contributed by atoms with Gasteiger partial charge in [-0.2, -0.15) is 0 Å². The summed E-state index contributed by atoms with van der Waals surface area (Å²) in [7, 11) is 0. The number of allylic oxidation sites excluding steroid dienone is 4. The van der Waals surface area contributed by atoms with Crippen LogP contribution in [0.3, 0.4) is 0 Å². The molecule has 0 bridgehead atoms. The first-order valence-electron chi connectivity index (χ1n) is 11.7. The lowest BCUT2D eigenvalue weighted by molar-refractivity contribution is -0.222. The van der Waals surface area contributed by atoms with Gasteiger partial charge in [0.2, 0.25) is 5.12 Å². The lowest BCUT2D eigenvalue weighted by Crippen LogP contribution is -2.63. The smallest absolute Gasteiger partial charge is 0.224 e. The summed E-state index contributed by atoms with van der Waals surface area (Å²) in [6.07, 6.45) is 3.52. The van der Waals surface area contributed by atoms with Gasteiger partial charge in [0.15, 0.2) is 17.2 Å². The van der Waals surface area contributed by atoms with Gasteiger partial charge in [0.25, 0.3) is 0 Å². The SMILES string of the molecule is CCSC(=O)C12OC(C)(C)OC1CC1C3C[C@H](F)C4=CC(=O)C=CC4(C)C3C(O)CC12C. The number of ketones is 1. The summed E-state index contributed by atoms with van der Waals surface area (Å²) >= 11 is 1.24. The van der Waals surface area contributed by atoms with Gasteiger partial charge in [0, 0.05) is 16.7 Å². The second-order valence-corrected chi connectivity index (χ2v) is 12.3. The molecule has 4 fully saturated rings. The molecule has 0 aromatic carbocycles. The van der Waals surface area contributed by atoms with E-state index < -0.39 is 40.6 Å². The van der Waals surface area contributed by atoms with E-state index in [9.17, 15) is 14.7 Å². The number of alkyl halides is 1. The maximum atomic E-state index is 15.5. The highest BCUT2D eigenvalue weighted by Gasteiger charge is 2.77. The third kappa shape index (κ3) is 2.74. The topological polar surface area (TPSA) is 72.8 Å². The normalized spacial score (nSPS) is 50.8. The molecule has 32 heavy (non-hydrogen) atoms. The zero-order valence-corrected chi connectivity index (χ0v) is 20.2. The van der Waals surface area contributed by atoms with E-state index in [2.05, 4.69) is 0 Å². The molecule has 9 atom stereocenters. The maximum Gasteiger partial charge on any atom is 0.224 e. The number of aliphatic hydroxyl groups is 1. The summed E-state index contributed by atoms with van der Waals surface area (Å²) in [5.41, 5.74) is -2.07. The molecule has 5 rings (SSSR count). The second kappa shape index (κ2) is 7.00. The molecular weight excluding hydrogens is 431 g/mol. The molecule has 0 spiro atoms. The van der Waals surface area contributed by atoms with Crippen LogP contribution in [0.15, 0.2) is 23.8 Å². The van der Waals surface area contributed by atoms with Gasteiger partial charge in [-0.1, -0.05) is 38.6 Å². The number of carbonyl (C=O) groups excluding carboxylic acids is 2. The maximum absolute atomic E-state index is 15.5. The number of hydrogen-bond acceptors (Lipinski definition) is 6. The van der Waals surface area contributed by atoms with Gasteiger partial charge in [0.1, 0.15) is 6.17 Å². The van der Waals surface area contributed by atoms with Crippen molar-refractivity contribution in [1.29, 1.82) is 0 Å². The molecule has 4 aliphatic carbocycles. The Kier molecular flexibility index (Phi) is 4.98. The largest absolute Gasteiger partial charge is 0.393 e. The molecule has 5 aliphatic rings. The average molecular weight is 465 g/mol. The van der Waals surface area contributed by atoms with Crippen molar-refractivity contribution in [3.8, 4) is 0 Å². The Balaban J connectivity index is 1.61. The number of thioether (sulfide) groups is 1. The summed E-state index contributed by atoms with van der Waals surface area (Å²) in [6, 6.07) is 0. The quantitative estimate of drug-likeness (QED) is 0.666. The van der Waals surface area contributed by atoms with Gasteiger partial charge in [-0.15, -0.1) is 0 Å². The van der Waals surface area contributed by atoms with Crippen LogP contribution in [-0.2, 0) is 19.1 Å². The summed E-state index contributed by atoms with van der Waals surface area (Å²) in [4.78, 5) is 25.6. The summed E-state index contributed by atoms with van der Waals surface area (Å²) in [5.74, 6) is -0.856. The fourth-order valence-electron chi connectivity index (χ4n) is 8.02. The summed E-state index contributed by atoms with van der Waals surface area (Å²) in [6.45, 7) is 9.58. The number of carbonyl (C=O) groups is 2. The van der Waals surface area contributed by atoms with Crippen LogP contribution in [0.4, 0.5) is 4.39 Å². The minimum atomic E-state index is -1.25. The van der Waals surface area contributed by atoms with Crippen LogP contribution >= 0.6 is 11.8 Å². The van der Waals surface area contributed by atoms with Crippen molar-refractivity contribution >= 4 is 22.7 Å². The number of fused-ring (bicyclic) bond motifs is 7. The molecule has 176 valence electrons. The molecule has 5 nitrogen and oxygen atoms in total. The van der Waals surface area contributed by atoms with Crippen LogP contribution in [-0.4, -0.2) is 51.5 Å². The van der Waals surface area contributed by atoms with Crippen LogP contribution in [0.5, 0.6) is 0 Å². The summed E-state index contributed by atoms with van der Waals surface area (Å²) in [5, 5.41) is 11.5. The van der Waals surface area contributed by atoms with Crippen molar-refractivity contribution in [2.24, 2.45) is 28.6 Å². The molecule has 0 aromatic heterocycles. The molecule has 1 heterocycles. The van der Waals surface area contributed by atoms with E-state index in [1.807, 2.05) is 34.6 Å². The molecule has 0 radical (unpaired) electrons. The number of ether oxygens (including phenoxy) is 2. The second-order valence-electron chi connectivity index (χ2n) is 11.1. The highest BCUT2D eigenvalue weighted by molar-refractivity contribution is 8.13. The van der Waals surface area contributed by atoms with Crippen LogP contribution in [0.2, 0.25) is 0 Å². The Morgan fingerprint density at radius 3 is 2.69 bits per heavy atom. The molecule has 7 heteroatoms. The standard InChI is InChI=1S/C25H33FO5S/c1-6-32-21(29)25-19(30-22(2,3)31-25)11-15-14-10-17(26)16-9-13(27)7-8-23(16,4)20(14)18(28)12-24(15,25)5/h7-9,14-15,17-20,28H,6,10-12H2,1-5H3/t14?,15?,17-,18?,19?,20?,23?,24?,25?/m0/s1. The predicted octanol–water partition coefficient (Wildman–Crippen LogP) is 3.99. The van der Waals surface area contributed by atoms with Crippen molar-refractivity contribution < 1.29 is 28.6 Å². The highest BCUT2D eigenvalue weighted by Crippen LogP contribution is 2.71. The summed E-state index contributed by atoms with van der Waals surface area (Å²) < 4.78 is 28.3. The number of halogens is 1. The Hall–Kier alpha value is -1.02. The number of hydrogen-bond donors (Lipinski definition) is 1. The van der Waals surface area contributed by atoms with Gasteiger partial charge in [0.05, 0.1) is 12.2 Å². The first kappa shape index (κ1) is 22.8. The molecule has 1 N–H and O–H groups in total. The molecular formula is C25H33FO5S. The van der Waals surface area contributed by atoms with Gasteiger partial charge in [-0.05, 0) is 68.4 Å². The highest BCUT2D eigenvalue weighted by atomic mass is 32.2. The number of aliphatic hydroxyl groups excluding tert-OH is 1. The van der Waals surface area contributed by atoms with E-state index in [0.717, 1.165) is 0 Å². The lowest BCUT2D eigenvalue weighted by atomic mass is 9.46.